The summed E-state index contributed by atoms with van der Waals surface area (Å²) in [5.74, 6) is 0.141. The number of nitro groups is 1. The van der Waals surface area contributed by atoms with Crippen LogP contribution in [0.15, 0.2) is 59.5 Å². The van der Waals surface area contributed by atoms with Crippen LogP contribution in [0.25, 0.3) is 6.08 Å². The number of rotatable bonds is 6. The molecule has 30 heavy (non-hydrogen) atoms. The van der Waals surface area contributed by atoms with Crippen LogP contribution in [0.5, 0.6) is 0 Å². The molecule has 2 aromatic carbocycles. The van der Waals surface area contributed by atoms with Crippen molar-refractivity contribution in [3.63, 3.8) is 0 Å². The fourth-order valence-electron chi connectivity index (χ4n) is 3.15. The molecule has 0 aromatic heterocycles. The molecule has 0 aliphatic carbocycles. The number of nitro benzene ring substituents is 1. The predicted molar refractivity (Wildman–Crippen MR) is 114 cm³/mol. The molecular formula is C21H23N3O5S. The van der Waals surface area contributed by atoms with Gasteiger partial charge in [0.05, 0.1) is 9.82 Å². The molecule has 158 valence electrons. The lowest BCUT2D eigenvalue weighted by atomic mass is 10.0. The Balaban J connectivity index is 1.61. The molecule has 0 bridgehead atoms. The number of benzene rings is 2. The molecule has 0 radical (unpaired) electrons. The van der Waals surface area contributed by atoms with Crippen LogP contribution in [0.1, 0.15) is 25.3 Å². The average molecular weight is 429 g/mol. The Labute approximate surface area is 175 Å². The molecule has 1 N–H and O–H groups in total. The number of hydrogen-bond acceptors (Lipinski definition) is 5. The van der Waals surface area contributed by atoms with Gasteiger partial charge in [-0.25, -0.2) is 8.42 Å². The van der Waals surface area contributed by atoms with E-state index in [0.717, 1.165) is 12.8 Å². The van der Waals surface area contributed by atoms with Crippen molar-refractivity contribution >= 4 is 33.4 Å². The van der Waals surface area contributed by atoms with Gasteiger partial charge in [-0.1, -0.05) is 6.92 Å². The van der Waals surface area contributed by atoms with Crippen molar-refractivity contribution in [1.29, 1.82) is 0 Å². The van der Waals surface area contributed by atoms with E-state index in [-0.39, 0.29) is 10.6 Å². The molecule has 1 fully saturated rings. The summed E-state index contributed by atoms with van der Waals surface area (Å²) in [5, 5.41) is 13.3. The maximum Gasteiger partial charge on any atom is 0.269 e. The summed E-state index contributed by atoms with van der Waals surface area (Å²) in [6, 6.07) is 11.9. The lowest BCUT2D eigenvalue weighted by Crippen LogP contribution is -2.37. The van der Waals surface area contributed by atoms with E-state index in [4.69, 9.17) is 0 Å². The number of hydrogen-bond donors (Lipinski definition) is 1. The molecule has 1 saturated heterocycles. The van der Waals surface area contributed by atoms with Gasteiger partial charge in [0.2, 0.25) is 15.9 Å². The number of piperidine rings is 1. The third-order valence-electron chi connectivity index (χ3n) is 5.03. The number of non-ortho nitro benzene ring substituents is 1. The summed E-state index contributed by atoms with van der Waals surface area (Å²) >= 11 is 0. The van der Waals surface area contributed by atoms with Crippen molar-refractivity contribution in [3.05, 3.63) is 70.3 Å². The monoisotopic (exact) mass is 429 g/mol. The van der Waals surface area contributed by atoms with E-state index in [1.165, 1.54) is 40.7 Å². The highest BCUT2D eigenvalue weighted by Crippen LogP contribution is 2.24. The van der Waals surface area contributed by atoms with Gasteiger partial charge in [-0.05, 0) is 66.8 Å². The Hall–Kier alpha value is -3.04. The second kappa shape index (κ2) is 9.19. The van der Waals surface area contributed by atoms with Gasteiger partial charge < -0.3 is 5.32 Å². The van der Waals surface area contributed by atoms with Crippen molar-refractivity contribution in [2.75, 3.05) is 18.4 Å². The van der Waals surface area contributed by atoms with Crippen molar-refractivity contribution in [1.82, 2.24) is 4.31 Å². The molecule has 1 aliphatic rings. The van der Waals surface area contributed by atoms with E-state index < -0.39 is 20.9 Å². The lowest BCUT2D eigenvalue weighted by molar-refractivity contribution is -0.384. The Morgan fingerprint density at radius 1 is 1.10 bits per heavy atom. The van der Waals surface area contributed by atoms with Crippen LogP contribution >= 0.6 is 0 Å². The first kappa shape index (κ1) is 21.7. The van der Waals surface area contributed by atoms with Gasteiger partial charge >= 0.3 is 0 Å². The standard InChI is InChI=1S/C21H23N3O5S/c1-16-12-14-23(15-13-16)30(28,29)20-9-5-18(6-10-20)22-21(25)11-4-17-2-7-19(8-3-17)24(26)27/h2-11,16H,12-15H2,1H3,(H,22,25). The van der Waals surface area contributed by atoms with Crippen LogP contribution < -0.4 is 5.32 Å². The zero-order valence-electron chi connectivity index (χ0n) is 16.5. The minimum atomic E-state index is -3.53. The van der Waals surface area contributed by atoms with Crippen molar-refractivity contribution in [3.8, 4) is 0 Å². The zero-order valence-corrected chi connectivity index (χ0v) is 17.3. The van der Waals surface area contributed by atoms with E-state index in [2.05, 4.69) is 12.2 Å². The third-order valence-corrected chi connectivity index (χ3v) is 6.95. The van der Waals surface area contributed by atoms with E-state index in [9.17, 15) is 23.3 Å². The SMILES string of the molecule is CC1CCN(S(=O)(=O)c2ccc(NC(=O)C=Cc3ccc([N+](=O)[O-])cc3)cc2)CC1. The molecule has 2 aromatic rings. The van der Waals surface area contributed by atoms with Gasteiger partial charge in [0.1, 0.15) is 0 Å². The van der Waals surface area contributed by atoms with Gasteiger partial charge in [0.25, 0.3) is 5.69 Å². The van der Waals surface area contributed by atoms with Crippen LogP contribution in [0.2, 0.25) is 0 Å². The molecule has 8 nitrogen and oxygen atoms in total. The minimum Gasteiger partial charge on any atom is -0.323 e. The molecule has 1 heterocycles. The van der Waals surface area contributed by atoms with Gasteiger partial charge in [-0.15, -0.1) is 0 Å². The van der Waals surface area contributed by atoms with Gasteiger partial charge in [0, 0.05) is 37.0 Å². The lowest BCUT2D eigenvalue weighted by Gasteiger charge is -2.29. The summed E-state index contributed by atoms with van der Waals surface area (Å²) in [6.07, 6.45) is 4.55. The molecule has 3 rings (SSSR count). The Bertz CT molecular complexity index is 1040. The number of nitrogens with zero attached hydrogens (tertiary/aromatic N) is 2. The highest BCUT2D eigenvalue weighted by Gasteiger charge is 2.27. The summed E-state index contributed by atoms with van der Waals surface area (Å²) in [4.78, 5) is 22.5. The van der Waals surface area contributed by atoms with E-state index in [1.54, 1.807) is 24.3 Å². The summed E-state index contributed by atoms with van der Waals surface area (Å²) in [6.45, 7) is 3.17. The number of sulfonamides is 1. The number of carbonyl (C=O) groups excluding carboxylic acids is 1. The summed E-state index contributed by atoms with van der Waals surface area (Å²) in [7, 11) is -3.53. The molecular weight excluding hydrogens is 406 g/mol. The first-order valence-electron chi connectivity index (χ1n) is 9.59. The van der Waals surface area contributed by atoms with Crippen molar-refractivity contribution in [2.24, 2.45) is 5.92 Å². The van der Waals surface area contributed by atoms with E-state index in [1.807, 2.05) is 0 Å². The minimum absolute atomic E-state index is 0.0225. The first-order valence-corrected chi connectivity index (χ1v) is 11.0. The highest BCUT2D eigenvalue weighted by atomic mass is 32.2. The average Bonchev–Trinajstić information content (AvgIpc) is 2.73. The van der Waals surface area contributed by atoms with Crippen molar-refractivity contribution < 1.29 is 18.1 Å². The third kappa shape index (κ3) is 5.31. The van der Waals surface area contributed by atoms with Gasteiger partial charge in [-0.3, -0.25) is 14.9 Å². The quantitative estimate of drug-likeness (QED) is 0.428. The normalized spacial score (nSPS) is 15.9. The Morgan fingerprint density at radius 3 is 2.27 bits per heavy atom. The van der Waals surface area contributed by atoms with Crippen molar-refractivity contribution in [2.45, 2.75) is 24.7 Å². The molecule has 0 saturated carbocycles. The van der Waals surface area contributed by atoms with Crippen LogP contribution in [-0.4, -0.2) is 36.6 Å². The number of carbonyl (C=O) groups is 1. The molecule has 1 aliphatic heterocycles. The van der Waals surface area contributed by atoms with Crippen LogP contribution in [0.3, 0.4) is 0 Å². The largest absolute Gasteiger partial charge is 0.323 e. The maximum atomic E-state index is 12.7. The van der Waals surface area contributed by atoms with Crippen LogP contribution in [-0.2, 0) is 14.8 Å². The summed E-state index contributed by atoms with van der Waals surface area (Å²) < 4.78 is 27.0. The number of anilines is 1. The molecule has 0 atom stereocenters. The fourth-order valence-corrected chi connectivity index (χ4v) is 4.62. The van der Waals surface area contributed by atoms with E-state index in [0.29, 0.717) is 30.3 Å². The molecule has 9 heteroatoms. The Kier molecular flexibility index (Phi) is 6.63. The maximum absolute atomic E-state index is 12.7. The zero-order chi connectivity index (χ0) is 21.7. The summed E-state index contributed by atoms with van der Waals surface area (Å²) in [5.41, 5.74) is 1.10. The van der Waals surface area contributed by atoms with Crippen LogP contribution in [0, 0.1) is 16.0 Å². The topological polar surface area (TPSA) is 110 Å². The predicted octanol–water partition coefficient (Wildman–Crippen LogP) is 3.67. The second-order valence-electron chi connectivity index (χ2n) is 7.28. The second-order valence-corrected chi connectivity index (χ2v) is 9.22. The highest BCUT2D eigenvalue weighted by molar-refractivity contribution is 7.89. The van der Waals surface area contributed by atoms with Gasteiger partial charge in [0.15, 0.2) is 0 Å². The molecule has 1 amide bonds. The molecule has 0 spiro atoms. The van der Waals surface area contributed by atoms with E-state index >= 15 is 0 Å². The van der Waals surface area contributed by atoms with Crippen LogP contribution in [0.4, 0.5) is 11.4 Å². The van der Waals surface area contributed by atoms with Gasteiger partial charge in [-0.2, -0.15) is 4.31 Å². The number of nitrogens with one attached hydrogen (secondary N) is 1. The Morgan fingerprint density at radius 2 is 1.70 bits per heavy atom. The number of amides is 1. The first-order chi connectivity index (χ1) is 14.3. The smallest absolute Gasteiger partial charge is 0.269 e. The molecule has 0 unspecified atom stereocenters. The fraction of sp³-hybridized carbons (Fsp3) is 0.286.